The van der Waals surface area contributed by atoms with Gasteiger partial charge in [-0.2, -0.15) is 0 Å². The van der Waals surface area contributed by atoms with Gasteiger partial charge in [-0.25, -0.2) is 0 Å². The summed E-state index contributed by atoms with van der Waals surface area (Å²) in [5.74, 6) is 0.519. The molecule has 0 aliphatic carbocycles. The van der Waals surface area contributed by atoms with Crippen molar-refractivity contribution in [3.8, 4) is 0 Å². The first kappa shape index (κ1) is 23.5. The van der Waals surface area contributed by atoms with Crippen LogP contribution >= 0.6 is 51.5 Å². The summed E-state index contributed by atoms with van der Waals surface area (Å²) in [6.07, 6.45) is 0.788. The molecule has 3 N–H and O–H groups in total. The van der Waals surface area contributed by atoms with Crippen LogP contribution in [-0.4, -0.2) is 37.5 Å². The van der Waals surface area contributed by atoms with E-state index in [-0.39, 0.29) is 42.0 Å². The van der Waals surface area contributed by atoms with Crippen LogP contribution in [0, 0.1) is 0 Å². The Morgan fingerprint density at radius 1 is 1.29 bits per heavy atom. The topological polar surface area (TPSA) is 65.5 Å². The van der Waals surface area contributed by atoms with Crippen molar-refractivity contribution >= 4 is 63.4 Å². The van der Waals surface area contributed by atoms with E-state index in [1.807, 2.05) is 39.0 Å². The highest BCUT2D eigenvalue weighted by Crippen LogP contribution is 2.21. The molecule has 1 aromatic carbocycles. The molecule has 0 fully saturated rings. The third-order valence-electron chi connectivity index (χ3n) is 2.85. The van der Waals surface area contributed by atoms with E-state index in [1.165, 1.54) is 0 Å². The maximum absolute atomic E-state index is 11.8. The second-order valence-electron chi connectivity index (χ2n) is 6.14. The Balaban J connectivity index is 0.00000529. The highest BCUT2D eigenvalue weighted by molar-refractivity contribution is 14.0. The number of halogens is 3. The van der Waals surface area contributed by atoms with Crippen LogP contribution in [0.2, 0.25) is 5.02 Å². The van der Waals surface area contributed by atoms with Crippen LogP contribution in [0.4, 0.5) is 0 Å². The number of nitrogens with zero attached hydrogens (tertiary/aromatic N) is 1. The molecule has 0 aliphatic heterocycles. The molecule has 0 saturated heterocycles. The van der Waals surface area contributed by atoms with Crippen molar-refractivity contribution < 1.29 is 4.79 Å². The van der Waals surface area contributed by atoms with Crippen LogP contribution in [-0.2, 0) is 11.2 Å². The molecule has 1 aromatic rings. The molecule has 136 valence electrons. The fraction of sp³-hybridized carbons (Fsp3) is 0.500. The molecular formula is C16H25BrClIN4O. The van der Waals surface area contributed by atoms with Crippen molar-refractivity contribution in [2.75, 3.05) is 20.1 Å². The van der Waals surface area contributed by atoms with Gasteiger partial charge in [0, 0.05) is 28.6 Å². The zero-order chi connectivity index (χ0) is 17.5. The number of nitrogens with one attached hydrogen (secondary N) is 3. The van der Waals surface area contributed by atoms with Gasteiger partial charge in [-0.1, -0.05) is 27.5 Å². The van der Waals surface area contributed by atoms with Crippen molar-refractivity contribution in [2.45, 2.75) is 32.7 Å². The molecular weight excluding hydrogens is 506 g/mol. The van der Waals surface area contributed by atoms with Gasteiger partial charge in [-0.15, -0.1) is 24.0 Å². The molecule has 0 heterocycles. The fourth-order valence-corrected chi connectivity index (χ4v) is 2.54. The number of rotatable bonds is 5. The molecule has 1 amide bonds. The lowest BCUT2D eigenvalue weighted by atomic mass is 10.1. The Morgan fingerprint density at radius 3 is 2.54 bits per heavy atom. The molecule has 0 aromatic heterocycles. The minimum Gasteiger partial charge on any atom is -0.356 e. The smallest absolute Gasteiger partial charge is 0.239 e. The molecule has 0 radical (unpaired) electrons. The standard InChI is InChI=1S/C16H24BrClN4O.HI/c1-16(2,3)22-14(23)10-21-15(19-4)20-8-7-11-9-12(18)5-6-13(11)17;/h5-6,9H,7-8,10H2,1-4H3,(H,22,23)(H2,19,20,21);1H. The second-order valence-corrected chi connectivity index (χ2v) is 7.43. The van der Waals surface area contributed by atoms with Crippen LogP contribution in [0.5, 0.6) is 0 Å². The van der Waals surface area contributed by atoms with Crippen LogP contribution in [0.3, 0.4) is 0 Å². The minimum atomic E-state index is -0.242. The number of carbonyl (C=O) groups is 1. The van der Waals surface area contributed by atoms with Crippen molar-refractivity contribution in [3.05, 3.63) is 33.3 Å². The van der Waals surface area contributed by atoms with E-state index in [2.05, 4.69) is 36.9 Å². The molecule has 1 rings (SSSR count). The van der Waals surface area contributed by atoms with E-state index < -0.39 is 0 Å². The van der Waals surface area contributed by atoms with E-state index >= 15 is 0 Å². The van der Waals surface area contributed by atoms with Gasteiger partial charge >= 0.3 is 0 Å². The van der Waals surface area contributed by atoms with Crippen LogP contribution in [0.25, 0.3) is 0 Å². The number of aliphatic imine (C=N–C) groups is 1. The highest BCUT2D eigenvalue weighted by Gasteiger charge is 2.13. The molecule has 0 unspecified atom stereocenters. The lowest BCUT2D eigenvalue weighted by Gasteiger charge is -2.21. The average Bonchev–Trinajstić information content (AvgIpc) is 2.44. The van der Waals surface area contributed by atoms with Crippen LogP contribution < -0.4 is 16.0 Å². The molecule has 0 spiro atoms. The van der Waals surface area contributed by atoms with Gasteiger partial charge in [0.05, 0.1) is 6.54 Å². The van der Waals surface area contributed by atoms with Gasteiger partial charge in [-0.3, -0.25) is 9.79 Å². The monoisotopic (exact) mass is 530 g/mol. The molecule has 0 aliphatic rings. The van der Waals surface area contributed by atoms with Gasteiger partial charge in [0.1, 0.15) is 0 Å². The van der Waals surface area contributed by atoms with Gasteiger partial charge in [-0.05, 0) is 51.0 Å². The van der Waals surface area contributed by atoms with Crippen molar-refractivity contribution in [2.24, 2.45) is 4.99 Å². The minimum absolute atomic E-state index is 0. The zero-order valence-corrected chi connectivity index (χ0v) is 19.0. The summed E-state index contributed by atoms with van der Waals surface area (Å²) in [7, 11) is 1.67. The van der Waals surface area contributed by atoms with E-state index in [1.54, 1.807) is 7.05 Å². The maximum Gasteiger partial charge on any atom is 0.239 e. The third kappa shape index (κ3) is 9.68. The van der Waals surface area contributed by atoms with Gasteiger partial charge in [0.2, 0.25) is 5.91 Å². The Bertz CT molecular complexity index is 576. The summed E-state index contributed by atoms with van der Waals surface area (Å²) < 4.78 is 1.02. The molecule has 8 heteroatoms. The summed E-state index contributed by atoms with van der Waals surface area (Å²) >= 11 is 9.51. The van der Waals surface area contributed by atoms with Crippen LogP contribution in [0.15, 0.2) is 27.7 Å². The lowest BCUT2D eigenvalue weighted by Crippen LogP contribution is -2.48. The quantitative estimate of drug-likeness (QED) is 0.310. The van der Waals surface area contributed by atoms with E-state index in [9.17, 15) is 4.79 Å². The number of benzene rings is 1. The number of guanidine groups is 1. The summed E-state index contributed by atoms with van der Waals surface area (Å²) in [5, 5.41) is 9.77. The maximum atomic E-state index is 11.8. The molecule has 24 heavy (non-hydrogen) atoms. The largest absolute Gasteiger partial charge is 0.356 e. The normalized spacial score (nSPS) is 11.5. The Morgan fingerprint density at radius 2 is 1.96 bits per heavy atom. The van der Waals surface area contributed by atoms with E-state index in [0.29, 0.717) is 17.5 Å². The lowest BCUT2D eigenvalue weighted by molar-refractivity contribution is -0.121. The van der Waals surface area contributed by atoms with Crippen LogP contribution in [0.1, 0.15) is 26.3 Å². The first-order chi connectivity index (χ1) is 10.7. The zero-order valence-electron chi connectivity index (χ0n) is 14.4. The van der Waals surface area contributed by atoms with Gasteiger partial charge in [0.25, 0.3) is 0 Å². The SMILES string of the molecule is CN=C(NCCc1cc(Cl)ccc1Br)NCC(=O)NC(C)(C)C.I. The third-order valence-corrected chi connectivity index (χ3v) is 3.86. The predicted octanol–water partition coefficient (Wildman–Crippen LogP) is 3.34. The highest BCUT2D eigenvalue weighted by atomic mass is 127. The average molecular weight is 532 g/mol. The van der Waals surface area contributed by atoms with Gasteiger partial charge in [0.15, 0.2) is 5.96 Å². The fourth-order valence-electron chi connectivity index (χ4n) is 1.90. The first-order valence-corrected chi connectivity index (χ1v) is 8.58. The number of hydrogen-bond acceptors (Lipinski definition) is 2. The van der Waals surface area contributed by atoms with Crippen molar-refractivity contribution in [3.63, 3.8) is 0 Å². The molecule has 0 atom stereocenters. The number of carbonyl (C=O) groups excluding carboxylic acids is 1. The summed E-state index contributed by atoms with van der Waals surface area (Å²) in [4.78, 5) is 15.9. The van der Waals surface area contributed by atoms with E-state index in [0.717, 1.165) is 16.5 Å². The summed E-state index contributed by atoms with van der Waals surface area (Å²) in [6.45, 7) is 6.69. The molecule has 0 bridgehead atoms. The first-order valence-electron chi connectivity index (χ1n) is 7.41. The Kier molecular flexibility index (Phi) is 10.9. The Labute approximate surface area is 174 Å². The Hall–Kier alpha value is -0.540. The molecule has 0 saturated carbocycles. The van der Waals surface area contributed by atoms with Gasteiger partial charge < -0.3 is 16.0 Å². The summed E-state index contributed by atoms with van der Waals surface area (Å²) in [5.41, 5.74) is 0.875. The van der Waals surface area contributed by atoms with Crippen molar-refractivity contribution in [1.82, 2.24) is 16.0 Å². The van der Waals surface area contributed by atoms with E-state index in [4.69, 9.17) is 11.6 Å². The second kappa shape index (κ2) is 11.1. The molecule has 5 nitrogen and oxygen atoms in total. The predicted molar refractivity (Wildman–Crippen MR) is 116 cm³/mol. The number of hydrogen-bond donors (Lipinski definition) is 3. The van der Waals surface area contributed by atoms with Crippen molar-refractivity contribution in [1.29, 1.82) is 0 Å². The number of amides is 1. The summed E-state index contributed by atoms with van der Waals surface area (Å²) in [6, 6.07) is 5.71.